The molecule has 2 nitrogen and oxygen atoms in total. The monoisotopic (exact) mass is 255 g/mol. The number of hydrogen-bond acceptors (Lipinski definition) is 1. The van der Waals surface area contributed by atoms with Crippen molar-refractivity contribution in [3.63, 3.8) is 0 Å². The van der Waals surface area contributed by atoms with E-state index in [4.69, 9.17) is 0 Å². The maximum Gasteiger partial charge on any atom is 0.239 e. The fraction of sp³-hybridized carbons (Fsp3) is 0.188. The number of nitrogens with one attached hydrogen (secondary N) is 1. The molecule has 1 aliphatic heterocycles. The van der Waals surface area contributed by atoms with E-state index in [-0.39, 0.29) is 11.7 Å². The molecule has 1 heterocycles. The Hall–Kier alpha value is -2.16. The molecule has 2 aromatic rings. The third kappa shape index (κ3) is 1.65. The highest BCUT2D eigenvalue weighted by molar-refractivity contribution is 6.08. The number of hydrogen-bond donors (Lipinski definition) is 1. The van der Waals surface area contributed by atoms with Crippen LogP contribution < -0.4 is 5.32 Å². The van der Waals surface area contributed by atoms with Gasteiger partial charge in [-0.3, -0.25) is 4.79 Å². The minimum atomic E-state index is -0.753. The van der Waals surface area contributed by atoms with Crippen LogP contribution >= 0.6 is 0 Å². The molecular weight excluding hydrogens is 241 g/mol. The van der Waals surface area contributed by atoms with Gasteiger partial charge >= 0.3 is 0 Å². The zero-order valence-corrected chi connectivity index (χ0v) is 10.8. The third-order valence-electron chi connectivity index (χ3n) is 3.85. The van der Waals surface area contributed by atoms with Gasteiger partial charge in [-0.2, -0.15) is 0 Å². The first-order chi connectivity index (χ1) is 9.01. The van der Waals surface area contributed by atoms with E-state index in [2.05, 4.69) is 5.32 Å². The molecule has 1 N–H and O–H groups in total. The van der Waals surface area contributed by atoms with Crippen LogP contribution in [0.15, 0.2) is 42.5 Å². The molecule has 1 atom stereocenters. The van der Waals surface area contributed by atoms with Crippen molar-refractivity contribution < 1.29 is 9.18 Å². The first-order valence-electron chi connectivity index (χ1n) is 6.20. The first-order valence-corrected chi connectivity index (χ1v) is 6.20. The van der Waals surface area contributed by atoms with Crippen molar-refractivity contribution in [2.45, 2.75) is 19.3 Å². The topological polar surface area (TPSA) is 29.1 Å². The van der Waals surface area contributed by atoms with Gasteiger partial charge in [0.1, 0.15) is 5.82 Å². The molecule has 3 rings (SSSR count). The van der Waals surface area contributed by atoms with Crippen molar-refractivity contribution in [1.82, 2.24) is 0 Å². The van der Waals surface area contributed by atoms with Crippen LogP contribution in [0.5, 0.6) is 0 Å². The summed E-state index contributed by atoms with van der Waals surface area (Å²) in [5.74, 6) is -0.454. The van der Waals surface area contributed by atoms with Crippen LogP contribution in [0.25, 0.3) is 0 Å². The van der Waals surface area contributed by atoms with Crippen molar-refractivity contribution in [2.24, 2.45) is 0 Å². The zero-order valence-electron chi connectivity index (χ0n) is 10.8. The SMILES string of the molecule is Cc1ccc(C2(C)C(=O)Nc3cc(F)ccc32)cc1. The van der Waals surface area contributed by atoms with Crippen molar-refractivity contribution in [3.05, 3.63) is 65.0 Å². The van der Waals surface area contributed by atoms with Crippen LogP contribution in [-0.4, -0.2) is 5.91 Å². The summed E-state index contributed by atoms with van der Waals surface area (Å²) in [6.07, 6.45) is 0. The highest BCUT2D eigenvalue weighted by Crippen LogP contribution is 2.42. The summed E-state index contributed by atoms with van der Waals surface area (Å²) in [6, 6.07) is 12.3. The van der Waals surface area contributed by atoms with Gasteiger partial charge < -0.3 is 5.32 Å². The van der Waals surface area contributed by atoms with Crippen LogP contribution in [0.4, 0.5) is 10.1 Å². The molecule has 3 heteroatoms. The van der Waals surface area contributed by atoms with E-state index in [1.54, 1.807) is 6.07 Å². The average Bonchev–Trinajstić information content (AvgIpc) is 2.62. The molecule has 0 bridgehead atoms. The molecule has 96 valence electrons. The second kappa shape index (κ2) is 3.92. The molecule has 0 fully saturated rings. The quantitative estimate of drug-likeness (QED) is 0.831. The lowest BCUT2D eigenvalue weighted by molar-refractivity contribution is -0.119. The Morgan fingerprint density at radius 2 is 1.79 bits per heavy atom. The maximum atomic E-state index is 13.2. The molecule has 2 aromatic carbocycles. The largest absolute Gasteiger partial charge is 0.325 e. The van der Waals surface area contributed by atoms with Crippen molar-refractivity contribution in [1.29, 1.82) is 0 Å². The molecule has 0 saturated heterocycles. The Morgan fingerprint density at radius 3 is 2.47 bits per heavy atom. The molecule has 0 aromatic heterocycles. The van der Waals surface area contributed by atoms with Crippen molar-refractivity contribution in [3.8, 4) is 0 Å². The Labute approximate surface area is 111 Å². The first kappa shape index (κ1) is 11.9. The van der Waals surface area contributed by atoms with Crippen LogP contribution in [0.1, 0.15) is 23.6 Å². The predicted octanol–water partition coefficient (Wildman–Crippen LogP) is 3.39. The number of halogens is 1. The van der Waals surface area contributed by atoms with Gasteiger partial charge in [0.05, 0.1) is 5.41 Å². The van der Waals surface area contributed by atoms with Gasteiger partial charge in [0.25, 0.3) is 0 Å². The van der Waals surface area contributed by atoms with E-state index >= 15 is 0 Å². The van der Waals surface area contributed by atoms with Crippen LogP contribution in [0, 0.1) is 12.7 Å². The summed E-state index contributed by atoms with van der Waals surface area (Å²) >= 11 is 0. The minimum absolute atomic E-state index is 0.114. The molecule has 0 radical (unpaired) electrons. The second-order valence-corrected chi connectivity index (χ2v) is 5.14. The number of benzene rings is 2. The Kier molecular flexibility index (Phi) is 2.45. The highest BCUT2D eigenvalue weighted by Gasteiger charge is 2.44. The molecule has 1 unspecified atom stereocenters. The summed E-state index contributed by atoms with van der Waals surface area (Å²) < 4.78 is 13.2. The van der Waals surface area contributed by atoms with E-state index < -0.39 is 5.41 Å². The fourth-order valence-electron chi connectivity index (χ4n) is 2.60. The summed E-state index contributed by atoms with van der Waals surface area (Å²) in [4.78, 5) is 12.3. The number of rotatable bonds is 1. The van der Waals surface area contributed by atoms with E-state index in [9.17, 15) is 9.18 Å². The molecule has 0 spiro atoms. The molecule has 19 heavy (non-hydrogen) atoms. The summed E-state index contributed by atoms with van der Waals surface area (Å²) in [5.41, 5.74) is 2.69. The number of carbonyl (C=O) groups is 1. The zero-order chi connectivity index (χ0) is 13.6. The van der Waals surface area contributed by atoms with Gasteiger partial charge in [0.2, 0.25) is 5.91 Å². The maximum absolute atomic E-state index is 13.2. The second-order valence-electron chi connectivity index (χ2n) is 5.14. The van der Waals surface area contributed by atoms with E-state index in [0.29, 0.717) is 5.69 Å². The van der Waals surface area contributed by atoms with Gasteiger partial charge in [-0.1, -0.05) is 35.9 Å². The van der Waals surface area contributed by atoms with Crippen LogP contribution in [-0.2, 0) is 10.2 Å². The number of aryl methyl sites for hydroxylation is 1. The third-order valence-corrected chi connectivity index (χ3v) is 3.85. The standard InChI is InChI=1S/C16H14FNO/c1-10-3-5-11(6-4-10)16(2)13-8-7-12(17)9-14(13)18-15(16)19/h3-9H,1-2H3,(H,18,19). The van der Waals surface area contributed by atoms with E-state index in [1.165, 1.54) is 12.1 Å². The lowest BCUT2D eigenvalue weighted by Crippen LogP contribution is -2.32. The van der Waals surface area contributed by atoms with Gasteiger partial charge in [0.15, 0.2) is 0 Å². The number of anilines is 1. The lowest BCUT2D eigenvalue weighted by atomic mass is 9.77. The Balaban J connectivity index is 2.19. The molecule has 0 saturated carbocycles. The summed E-state index contributed by atoms with van der Waals surface area (Å²) in [6.45, 7) is 3.88. The normalized spacial score (nSPS) is 21.1. The fourth-order valence-corrected chi connectivity index (χ4v) is 2.60. The predicted molar refractivity (Wildman–Crippen MR) is 72.7 cm³/mol. The Bertz CT molecular complexity index is 663. The molecular formula is C16H14FNO. The van der Waals surface area contributed by atoms with Gasteiger partial charge in [-0.25, -0.2) is 4.39 Å². The van der Waals surface area contributed by atoms with Crippen LogP contribution in [0.2, 0.25) is 0 Å². The van der Waals surface area contributed by atoms with Gasteiger partial charge in [-0.15, -0.1) is 0 Å². The van der Waals surface area contributed by atoms with Crippen molar-refractivity contribution in [2.75, 3.05) is 5.32 Å². The molecule has 1 aliphatic rings. The molecule has 1 amide bonds. The molecule has 0 aliphatic carbocycles. The lowest BCUT2D eigenvalue weighted by Gasteiger charge is -2.23. The summed E-state index contributed by atoms with van der Waals surface area (Å²) in [5, 5.41) is 2.76. The van der Waals surface area contributed by atoms with Gasteiger partial charge in [0, 0.05) is 5.69 Å². The van der Waals surface area contributed by atoms with Crippen LogP contribution in [0.3, 0.4) is 0 Å². The highest BCUT2D eigenvalue weighted by atomic mass is 19.1. The number of fused-ring (bicyclic) bond motifs is 1. The van der Waals surface area contributed by atoms with Crippen molar-refractivity contribution >= 4 is 11.6 Å². The smallest absolute Gasteiger partial charge is 0.239 e. The Morgan fingerprint density at radius 1 is 1.11 bits per heavy atom. The van der Waals surface area contributed by atoms with E-state index in [1.807, 2.05) is 38.1 Å². The number of amides is 1. The summed E-state index contributed by atoms with van der Waals surface area (Å²) in [7, 11) is 0. The average molecular weight is 255 g/mol. The van der Waals surface area contributed by atoms with Gasteiger partial charge in [-0.05, 0) is 37.1 Å². The minimum Gasteiger partial charge on any atom is -0.325 e. The van der Waals surface area contributed by atoms with E-state index in [0.717, 1.165) is 16.7 Å². The number of carbonyl (C=O) groups excluding carboxylic acids is 1.